The molecule has 2 N–H and O–H groups in total. The third-order valence-electron chi connectivity index (χ3n) is 4.93. The summed E-state index contributed by atoms with van der Waals surface area (Å²) in [6.45, 7) is 4.72. The van der Waals surface area contributed by atoms with Crippen molar-refractivity contribution in [1.82, 2.24) is 20.4 Å². The Bertz CT molecular complexity index is 814. The van der Waals surface area contributed by atoms with Crippen molar-refractivity contribution in [3.8, 4) is 0 Å². The Hall–Kier alpha value is -3.02. The van der Waals surface area contributed by atoms with Crippen molar-refractivity contribution >= 4 is 45.2 Å². The van der Waals surface area contributed by atoms with E-state index in [1.165, 1.54) is 65.7 Å². The Kier molecular flexibility index (Phi) is 14.2. The molecule has 0 bridgehead atoms. The van der Waals surface area contributed by atoms with Crippen LogP contribution in [0.1, 0.15) is 27.7 Å². The van der Waals surface area contributed by atoms with Gasteiger partial charge in [0.05, 0.1) is 10.8 Å². The summed E-state index contributed by atoms with van der Waals surface area (Å²) >= 11 is 0. The van der Waals surface area contributed by atoms with Gasteiger partial charge in [0.1, 0.15) is 25.3 Å². The van der Waals surface area contributed by atoms with Gasteiger partial charge in [-0.05, 0) is 27.7 Å². The fraction of sp³-hybridized carbons (Fsp3) is 0.800. The minimum Gasteiger partial charge on any atom is -0.347 e. The molecule has 38 heavy (non-hydrogen) atoms. The highest BCUT2D eigenvalue weighted by molar-refractivity contribution is 8.76. The Morgan fingerprint density at radius 2 is 1.03 bits per heavy atom. The van der Waals surface area contributed by atoms with Crippen LogP contribution >= 0.6 is 21.6 Å². The summed E-state index contributed by atoms with van der Waals surface area (Å²) in [5.41, 5.74) is -2.59. The minimum absolute atomic E-state index is 0.0819. The maximum Gasteiger partial charge on any atom is 0.294 e. The molecule has 0 rings (SSSR count). The number of amides is 4. The van der Waals surface area contributed by atoms with E-state index in [9.17, 15) is 39.4 Å². The predicted molar refractivity (Wildman–Crippen MR) is 140 cm³/mol. The van der Waals surface area contributed by atoms with Gasteiger partial charge in [-0.2, -0.15) is 0 Å². The topological polar surface area (TPSA) is 204 Å². The molecule has 0 saturated heterocycles. The summed E-state index contributed by atoms with van der Waals surface area (Å²) in [6.07, 6.45) is 0. The van der Waals surface area contributed by atoms with Gasteiger partial charge < -0.3 is 30.1 Å². The Morgan fingerprint density at radius 1 is 0.737 bits per heavy atom. The first kappa shape index (κ1) is 35.0. The van der Waals surface area contributed by atoms with E-state index in [-0.39, 0.29) is 11.5 Å². The van der Waals surface area contributed by atoms with E-state index in [4.69, 9.17) is 0 Å². The van der Waals surface area contributed by atoms with E-state index in [0.717, 1.165) is 21.6 Å². The molecule has 0 fully saturated rings. The van der Waals surface area contributed by atoms with E-state index in [0.29, 0.717) is 0 Å². The molecule has 0 unspecified atom stereocenters. The van der Waals surface area contributed by atoms with Gasteiger partial charge in [-0.15, -0.1) is 20.2 Å². The van der Waals surface area contributed by atoms with Crippen molar-refractivity contribution in [2.45, 2.75) is 39.8 Å². The molecular weight excluding hydrogens is 548 g/mol. The molecule has 0 aromatic rings. The van der Waals surface area contributed by atoms with Crippen LogP contribution in [-0.2, 0) is 28.9 Å². The molecule has 0 aliphatic carbocycles. The highest BCUT2D eigenvalue weighted by atomic mass is 33.1. The van der Waals surface area contributed by atoms with Crippen molar-refractivity contribution in [2.24, 2.45) is 10.8 Å². The quantitative estimate of drug-likeness (QED) is 0.100. The smallest absolute Gasteiger partial charge is 0.294 e. The molecular formula is C20H36N6O10S2. The van der Waals surface area contributed by atoms with Crippen molar-refractivity contribution in [1.29, 1.82) is 0 Å². The van der Waals surface area contributed by atoms with Crippen LogP contribution in [0.25, 0.3) is 0 Å². The Morgan fingerprint density at radius 3 is 1.26 bits per heavy atom. The lowest BCUT2D eigenvalue weighted by Crippen LogP contribution is -2.52. The molecule has 0 aliphatic rings. The molecule has 0 spiro atoms. The van der Waals surface area contributed by atoms with E-state index in [1.807, 2.05) is 0 Å². The van der Waals surface area contributed by atoms with Crippen molar-refractivity contribution in [3.05, 3.63) is 20.2 Å². The van der Waals surface area contributed by atoms with Gasteiger partial charge in [-0.3, -0.25) is 19.2 Å². The van der Waals surface area contributed by atoms with Gasteiger partial charge >= 0.3 is 0 Å². The lowest BCUT2D eigenvalue weighted by atomic mass is 9.93. The summed E-state index contributed by atoms with van der Waals surface area (Å²) in [7, 11) is 8.35. The number of nitrogens with zero attached hydrogens (tertiary/aromatic N) is 4. The van der Waals surface area contributed by atoms with Gasteiger partial charge in [0.25, 0.3) is 10.2 Å². The van der Waals surface area contributed by atoms with Crippen LogP contribution in [0.2, 0.25) is 0 Å². The summed E-state index contributed by atoms with van der Waals surface area (Å²) < 4.78 is 0. The molecule has 0 aromatic heterocycles. The second-order valence-corrected chi connectivity index (χ2v) is 12.4. The average molecular weight is 585 g/mol. The molecule has 0 aromatic carbocycles. The monoisotopic (exact) mass is 584 g/mol. The van der Waals surface area contributed by atoms with Gasteiger partial charge in [-0.25, -0.2) is 0 Å². The molecule has 0 saturated carbocycles. The zero-order valence-corrected chi connectivity index (χ0v) is 24.3. The normalized spacial score (nSPS) is 12.9. The van der Waals surface area contributed by atoms with Crippen LogP contribution in [0.5, 0.6) is 0 Å². The minimum atomic E-state index is -1.30. The number of hydrogen-bond acceptors (Lipinski definition) is 12. The first-order valence-electron chi connectivity index (χ1n) is 11.1. The maximum atomic E-state index is 12.7. The number of hydrogen-bond donors (Lipinski definition) is 2. The fourth-order valence-corrected chi connectivity index (χ4v) is 4.78. The SMILES string of the molecule is CN(C)C(=O)[C@@H](CSSC[C@@H](NC(=O)C(C)(C)CO[N+](=O)[O-])C(=O)N(C)C)NC(=O)C(C)(C)CO[N+](=O)[O-]. The largest absolute Gasteiger partial charge is 0.347 e. The van der Waals surface area contributed by atoms with Gasteiger partial charge in [0, 0.05) is 39.7 Å². The van der Waals surface area contributed by atoms with Crippen molar-refractivity contribution in [2.75, 3.05) is 52.9 Å². The first-order valence-corrected chi connectivity index (χ1v) is 13.6. The second-order valence-electron chi connectivity index (χ2n) is 9.85. The summed E-state index contributed by atoms with van der Waals surface area (Å²) in [4.78, 5) is 82.8. The number of likely N-dealkylation sites (N-methyl/N-ethyl adjacent to an activating group) is 2. The lowest BCUT2D eigenvalue weighted by molar-refractivity contribution is -0.760. The van der Waals surface area contributed by atoms with Gasteiger partial charge in [0.15, 0.2) is 0 Å². The van der Waals surface area contributed by atoms with Crippen LogP contribution < -0.4 is 10.6 Å². The summed E-state index contributed by atoms with van der Waals surface area (Å²) in [6, 6.07) is -1.97. The predicted octanol–water partition coefficient (Wildman–Crippen LogP) is -0.0172. The van der Waals surface area contributed by atoms with Crippen LogP contribution in [0, 0.1) is 31.1 Å². The molecule has 0 heterocycles. The van der Waals surface area contributed by atoms with Gasteiger partial charge in [-0.1, -0.05) is 21.6 Å². The number of carbonyl (C=O) groups is 4. The Labute approximate surface area is 228 Å². The zero-order chi connectivity index (χ0) is 29.8. The van der Waals surface area contributed by atoms with E-state index < -0.39 is 69.9 Å². The second kappa shape index (κ2) is 15.4. The number of carbonyl (C=O) groups excluding carboxylic acids is 4. The Balaban J connectivity index is 5.30. The summed E-state index contributed by atoms with van der Waals surface area (Å²) in [5, 5.41) is 24.1. The average Bonchev–Trinajstić information content (AvgIpc) is 2.81. The highest BCUT2D eigenvalue weighted by Gasteiger charge is 2.35. The molecule has 18 heteroatoms. The molecule has 4 amide bonds. The zero-order valence-electron chi connectivity index (χ0n) is 22.7. The fourth-order valence-electron chi connectivity index (χ4n) is 2.47. The lowest BCUT2D eigenvalue weighted by Gasteiger charge is -2.28. The molecule has 218 valence electrons. The van der Waals surface area contributed by atoms with Crippen LogP contribution in [0.15, 0.2) is 0 Å². The van der Waals surface area contributed by atoms with Crippen molar-refractivity contribution in [3.63, 3.8) is 0 Å². The first-order chi connectivity index (χ1) is 17.3. The van der Waals surface area contributed by atoms with Gasteiger partial charge in [0.2, 0.25) is 23.6 Å². The van der Waals surface area contributed by atoms with Crippen LogP contribution in [-0.4, -0.2) is 109 Å². The third-order valence-corrected chi connectivity index (χ3v) is 7.35. The highest BCUT2D eigenvalue weighted by Crippen LogP contribution is 2.25. The standard InChI is InChI=1S/C20H36N6O10S2/c1-19(2,11-35-25(31)32)17(29)21-13(15(27)23(5)6)9-37-38-10-14(16(28)24(7)8)22-18(30)20(3,4)12-36-26(33)34/h13-14H,9-12H2,1-8H3,(H,21,29)(H,22,30)/t13-,14-/m1/s1. The molecule has 2 atom stereocenters. The number of nitrogens with one attached hydrogen (secondary N) is 2. The van der Waals surface area contributed by atoms with Crippen LogP contribution in [0.4, 0.5) is 0 Å². The third kappa shape index (κ3) is 12.5. The number of rotatable bonds is 17. The molecule has 16 nitrogen and oxygen atoms in total. The van der Waals surface area contributed by atoms with Crippen LogP contribution in [0.3, 0.4) is 0 Å². The van der Waals surface area contributed by atoms with Crippen molar-refractivity contribution < 1.29 is 39.0 Å². The molecule has 0 aliphatic heterocycles. The van der Waals surface area contributed by atoms with E-state index >= 15 is 0 Å². The van der Waals surface area contributed by atoms with E-state index in [2.05, 4.69) is 20.3 Å². The maximum absolute atomic E-state index is 12.7. The van der Waals surface area contributed by atoms with E-state index in [1.54, 1.807) is 0 Å². The summed E-state index contributed by atoms with van der Waals surface area (Å²) in [5.74, 6) is -1.93. The molecule has 0 radical (unpaired) electrons.